The molecule has 0 aromatic rings. The van der Waals surface area contributed by atoms with E-state index in [1.54, 1.807) is 0 Å². The average Bonchev–Trinajstić information content (AvgIpc) is 1.99. The van der Waals surface area contributed by atoms with Gasteiger partial charge in [-0.1, -0.05) is 20.3 Å². The van der Waals surface area contributed by atoms with Crippen LogP contribution in [0.1, 0.15) is 33.1 Å². The van der Waals surface area contributed by atoms with Crippen molar-refractivity contribution in [2.75, 3.05) is 26.3 Å². The van der Waals surface area contributed by atoms with Crippen LogP contribution >= 0.6 is 0 Å². The molecule has 1 N–H and O–H groups in total. The van der Waals surface area contributed by atoms with Crippen molar-refractivity contribution < 1.29 is 4.74 Å². The third kappa shape index (κ3) is 5.27. The second-order valence-corrected chi connectivity index (χ2v) is 4.49. The van der Waals surface area contributed by atoms with Crippen molar-refractivity contribution in [3.8, 4) is 0 Å². The van der Waals surface area contributed by atoms with Crippen LogP contribution in [0.5, 0.6) is 0 Å². The summed E-state index contributed by atoms with van der Waals surface area (Å²) in [6, 6.07) is 0. The molecule has 0 bridgehead atoms. The summed E-state index contributed by atoms with van der Waals surface area (Å²) >= 11 is 0. The van der Waals surface area contributed by atoms with Gasteiger partial charge in [-0.2, -0.15) is 0 Å². The molecule has 1 aliphatic heterocycles. The van der Waals surface area contributed by atoms with Gasteiger partial charge in [-0.15, -0.1) is 0 Å². The highest BCUT2D eigenvalue weighted by Crippen LogP contribution is 2.12. The zero-order chi connectivity index (χ0) is 9.52. The maximum atomic E-state index is 5.51. The Labute approximate surface area is 82.0 Å². The van der Waals surface area contributed by atoms with Gasteiger partial charge in [-0.3, -0.25) is 0 Å². The fourth-order valence-electron chi connectivity index (χ4n) is 1.51. The van der Waals surface area contributed by atoms with Crippen molar-refractivity contribution in [3.63, 3.8) is 0 Å². The van der Waals surface area contributed by atoms with Crippen LogP contribution in [0.2, 0.25) is 0 Å². The minimum atomic E-state index is 0.677. The van der Waals surface area contributed by atoms with Crippen LogP contribution in [0.15, 0.2) is 0 Å². The smallest absolute Gasteiger partial charge is 0.0488 e. The van der Waals surface area contributed by atoms with E-state index in [-0.39, 0.29) is 0 Å². The maximum Gasteiger partial charge on any atom is 0.0488 e. The van der Waals surface area contributed by atoms with Gasteiger partial charge in [0.25, 0.3) is 0 Å². The third-order valence-corrected chi connectivity index (χ3v) is 2.47. The number of hydrogen-bond donors (Lipinski definition) is 1. The Bertz CT molecular complexity index is 121. The van der Waals surface area contributed by atoms with Gasteiger partial charge in [0.15, 0.2) is 0 Å². The Morgan fingerprint density at radius 2 is 2.08 bits per heavy atom. The topological polar surface area (TPSA) is 21.3 Å². The molecule has 0 amide bonds. The molecule has 2 nitrogen and oxygen atoms in total. The molecule has 0 saturated carbocycles. The predicted molar refractivity (Wildman–Crippen MR) is 55.9 cm³/mol. The molecule has 1 saturated heterocycles. The Balaban J connectivity index is 1.73. The first-order valence-corrected chi connectivity index (χ1v) is 5.57. The zero-order valence-electron chi connectivity index (χ0n) is 9.01. The molecule has 0 unspecified atom stereocenters. The molecule has 13 heavy (non-hydrogen) atoms. The van der Waals surface area contributed by atoms with Crippen LogP contribution in [0.3, 0.4) is 0 Å². The molecule has 1 fully saturated rings. The highest BCUT2D eigenvalue weighted by molar-refractivity contribution is 4.73. The lowest BCUT2D eigenvalue weighted by Crippen LogP contribution is -2.41. The molecule has 0 aromatic heterocycles. The number of ether oxygens (including phenoxy) is 1. The molecule has 0 aromatic carbocycles. The fraction of sp³-hybridized carbons (Fsp3) is 1.00. The van der Waals surface area contributed by atoms with Gasteiger partial charge in [0.2, 0.25) is 0 Å². The number of hydrogen-bond acceptors (Lipinski definition) is 2. The summed E-state index contributed by atoms with van der Waals surface area (Å²) in [5, 5.41) is 3.30. The first-order valence-electron chi connectivity index (χ1n) is 5.57. The SMILES string of the molecule is CC(C)COCCCCC1CNC1. The van der Waals surface area contributed by atoms with Crippen molar-refractivity contribution in [1.29, 1.82) is 0 Å². The van der Waals surface area contributed by atoms with Crippen molar-refractivity contribution in [1.82, 2.24) is 5.32 Å². The summed E-state index contributed by atoms with van der Waals surface area (Å²) in [5.74, 6) is 1.64. The monoisotopic (exact) mass is 185 g/mol. The van der Waals surface area contributed by atoms with Gasteiger partial charge < -0.3 is 10.1 Å². The Hall–Kier alpha value is -0.0800. The molecule has 0 spiro atoms. The van der Waals surface area contributed by atoms with Crippen LogP contribution in [-0.4, -0.2) is 26.3 Å². The van der Waals surface area contributed by atoms with Crippen LogP contribution < -0.4 is 5.32 Å². The quantitative estimate of drug-likeness (QED) is 0.613. The second-order valence-electron chi connectivity index (χ2n) is 4.49. The van der Waals surface area contributed by atoms with Gasteiger partial charge >= 0.3 is 0 Å². The summed E-state index contributed by atoms with van der Waals surface area (Å²) in [4.78, 5) is 0. The number of unbranched alkanes of at least 4 members (excludes halogenated alkanes) is 1. The molecular weight excluding hydrogens is 162 g/mol. The Kier molecular flexibility index (Phi) is 5.40. The van der Waals surface area contributed by atoms with E-state index >= 15 is 0 Å². The van der Waals surface area contributed by atoms with Gasteiger partial charge in [-0.05, 0) is 37.8 Å². The predicted octanol–water partition coefficient (Wildman–Crippen LogP) is 2.05. The van der Waals surface area contributed by atoms with E-state index in [1.807, 2.05) is 0 Å². The number of nitrogens with one attached hydrogen (secondary N) is 1. The highest BCUT2D eigenvalue weighted by Gasteiger charge is 2.15. The first kappa shape index (κ1) is 11.0. The summed E-state index contributed by atoms with van der Waals surface area (Å²) in [6.45, 7) is 8.75. The molecule has 0 atom stereocenters. The first-order chi connectivity index (χ1) is 6.29. The molecule has 2 heteroatoms. The van der Waals surface area contributed by atoms with Crippen LogP contribution in [-0.2, 0) is 4.74 Å². The Morgan fingerprint density at radius 3 is 2.62 bits per heavy atom. The van der Waals surface area contributed by atoms with Crippen molar-refractivity contribution in [2.45, 2.75) is 33.1 Å². The molecule has 1 heterocycles. The minimum Gasteiger partial charge on any atom is -0.381 e. The van der Waals surface area contributed by atoms with Gasteiger partial charge in [0.05, 0.1) is 0 Å². The molecule has 0 radical (unpaired) electrons. The van der Waals surface area contributed by atoms with Crippen LogP contribution in [0.25, 0.3) is 0 Å². The van der Waals surface area contributed by atoms with Crippen molar-refractivity contribution in [3.05, 3.63) is 0 Å². The summed E-state index contributed by atoms with van der Waals surface area (Å²) in [5.41, 5.74) is 0. The molecule has 1 rings (SSSR count). The molecule has 1 aliphatic rings. The third-order valence-electron chi connectivity index (χ3n) is 2.47. The van der Waals surface area contributed by atoms with E-state index < -0.39 is 0 Å². The average molecular weight is 185 g/mol. The molecular formula is C11H23NO. The Morgan fingerprint density at radius 1 is 1.31 bits per heavy atom. The van der Waals surface area contributed by atoms with Crippen LogP contribution in [0.4, 0.5) is 0 Å². The van der Waals surface area contributed by atoms with E-state index in [2.05, 4.69) is 19.2 Å². The summed E-state index contributed by atoms with van der Waals surface area (Å²) in [6.07, 6.45) is 3.96. The summed E-state index contributed by atoms with van der Waals surface area (Å²) in [7, 11) is 0. The number of rotatable bonds is 7. The fourth-order valence-corrected chi connectivity index (χ4v) is 1.51. The van der Waals surface area contributed by atoms with Crippen molar-refractivity contribution >= 4 is 0 Å². The lowest BCUT2D eigenvalue weighted by Gasteiger charge is -2.26. The second kappa shape index (κ2) is 6.39. The standard InChI is InChI=1S/C11H23NO/c1-10(2)9-13-6-4-3-5-11-7-12-8-11/h10-12H,3-9H2,1-2H3. The lowest BCUT2D eigenvalue weighted by molar-refractivity contribution is 0.105. The van der Waals surface area contributed by atoms with E-state index in [0.717, 1.165) is 19.1 Å². The summed E-state index contributed by atoms with van der Waals surface area (Å²) < 4.78 is 5.51. The van der Waals surface area contributed by atoms with Gasteiger partial charge in [-0.25, -0.2) is 0 Å². The van der Waals surface area contributed by atoms with Gasteiger partial charge in [0.1, 0.15) is 0 Å². The molecule has 0 aliphatic carbocycles. The van der Waals surface area contributed by atoms with E-state index in [4.69, 9.17) is 4.74 Å². The van der Waals surface area contributed by atoms with E-state index in [1.165, 1.54) is 32.4 Å². The van der Waals surface area contributed by atoms with Crippen molar-refractivity contribution in [2.24, 2.45) is 11.8 Å². The normalized spacial score (nSPS) is 17.8. The minimum absolute atomic E-state index is 0.677. The van der Waals surface area contributed by atoms with Gasteiger partial charge in [0, 0.05) is 13.2 Å². The largest absolute Gasteiger partial charge is 0.381 e. The van der Waals surface area contributed by atoms with E-state index in [9.17, 15) is 0 Å². The lowest BCUT2D eigenvalue weighted by atomic mass is 9.97. The van der Waals surface area contributed by atoms with Crippen LogP contribution in [0, 0.1) is 11.8 Å². The maximum absolute atomic E-state index is 5.51. The van der Waals surface area contributed by atoms with E-state index in [0.29, 0.717) is 5.92 Å². The zero-order valence-corrected chi connectivity index (χ0v) is 9.01. The molecule has 78 valence electrons. The highest BCUT2D eigenvalue weighted by atomic mass is 16.5.